The van der Waals surface area contributed by atoms with Gasteiger partial charge < -0.3 is 9.84 Å². The summed E-state index contributed by atoms with van der Waals surface area (Å²) in [7, 11) is -3.76. The molecule has 0 radical (unpaired) electrons. The predicted molar refractivity (Wildman–Crippen MR) is 81.8 cm³/mol. The number of carbonyl (C=O) groups is 1. The third-order valence-corrected chi connectivity index (χ3v) is 4.22. The van der Waals surface area contributed by atoms with E-state index in [9.17, 15) is 13.2 Å². The zero-order valence-electron chi connectivity index (χ0n) is 11.2. The number of nitrogens with one attached hydrogen (secondary N) is 1. The highest BCUT2D eigenvalue weighted by atomic mass is 35.5. The van der Waals surface area contributed by atoms with Crippen molar-refractivity contribution in [2.24, 2.45) is 0 Å². The molecule has 0 heterocycles. The van der Waals surface area contributed by atoms with Crippen LogP contribution < -0.4 is 9.46 Å². The monoisotopic (exact) mass is 341 g/mol. The third-order valence-electron chi connectivity index (χ3n) is 2.57. The van der Waals surface area contributed by atoms with Gasteiger partial charge in [0.15, 0.2) is 6.61 Å². The summed E-state index contributed by atoms with van der Waals surface area (Å²) in [4.78, 5) is 10.5. The van der Waals surface area contributed by atoms with Crippen LogP contribution in [0.4, 0.5) is 5.69 Å². The predicted octanol–water partition coefficient (Wildman–Crippen LogP) is 2.60. The molecule has 0 aliphatic heterocycles. The fourth-order valence-electron chi connectivity index (χ4n) is 1.62. The van der Waals surface area contributed by atoms with Crippen LogP contribution in [0.3, 0.4) is 0 Å². The van der Waals surface area contributed by atoms with E-state index in [0.29, 0.717) is 5.02 Å². The van der Waals surface area contributed by atoms with Crippen LogP contribution >= 0.6 is 11.6 Å². The van der Waals surface area contributed by atoms with Gasteiger partial charge in [0.1, 0.15) is 5.75 Å². The van der Waals surface area contributed by atoms with Crippen molar-refractivity contribution in [3.63, 3.8) is 0 Å². The van der Waals surface area contributed by atoms with Gasteiger partial charge >= 0.3 is 5.97 Å². The maximum atomic E-state index is 12.2. The molecule has 0 bridgehead atoms. The number of halogens is 1. The Kier molecular flexibility index (Phi) is 4.89. The lowest BCUT2D eigenvalue weighted by Crippen LogP contribution is -2.13. The van der Waals surface area contributed by atoms with Gasteiger partial charge in [-0.05, 0) is 36.4 Å². The maximum absolute atomic E-state index is 12.2. The molecule has 8 heteroatoms. The molecule has 0 aromatic heterocycles. The molecule has 0 atom stereocenters. The summed E-state index contributed by atoms with van der Waals surface area (Å²) in [6.07, 6.45) is 0. The van der Waals surface area contributed by atoms with Crippen LogP contribution in [0.25, 0.3) is 0 Å². The Morgan fingerprint density at radius 1 is 1.18 bits per heavy atom. The highest BCUT2D eigenvalue weighted by Crippen LogP contribution is 2.21. The van der Waals surface area contributed by atoms with Crippen LogP contribution in [0.15, 0.2) is 53.4 Å². The van der Waals surface area contributed by atoms with Crippen molar-refractivity contribution in [2.75, 3.05) is 11.3 Å². The van der Waals surface area contributed by atoms with Crippen LogP contribution in [0.1, 0.15) is 0 Å². The second-order valence-corrected chi connectivity index (χ2v) is 6.39. The Hall–Kier alpha value is -2.25. The third kappa shape index (κ3) is 4.37. The molecule has 0 aliphatic carbocycles. The standard InChI is InChI=1S/C14H12ClNO5S/c15-10-4-6-13(7-5-10)22(19,20)16-11-2-1-3-12(8-11)21-9-14(17)18/h1-8,16H,9H2,(H,17,18). The summed E-state index contributed by atoms with van der Waals surface area (Å²) in [5.41, 5.74) is 0.262. The van der Waals surface area contributed by atoms with Gasteiger partial charge in [0.25, 0.3) is 10.0 Å². The topological polar surface area (TPSA) is 92.7 Å². The summed E-state index contributed by atoms with van der Waals surface area (Å²) in [6.45, 7) is -0.507. The zero-order valence-corrected chi connectivity index (χ0v) is 12.8. The number of rotatable bonds is 6. The number of hydrogen-bond acceptors (Lipinski definition) is 4. The normalized spacial score (nSPS) is 11.0. The second-order valence-electron chi connectivity index (χ2n) is 4.27. The molecule has 0 fully saturated rings. The van der Waals surface area contributed by atoms with Crippen molar-refractivity contribution in [2.45, 2.75) is 4.90 Å². The second kappa shape index (κ2) is 6.67. The number of carboxylic acids is 1. The van der Waals surface area contributed by atoms with Crippen molar-refractivity contribution in [3.05, 3.63) is 53.6 Å². The molecule has 2 aromatic rings. The summed E-state index contributed by atoms with van der Waals surface area (Å²) in [6, 6.07) is 11.7. The Balaban J connectivity index is 2.17. The Bertz CT molecular complexity index is 774. The number of ether oxygens (including phenoxy) is 1. The zero-order chi connectivity index (χ0) is 16.2. The first-order valence-electron chi connectivity index (χ1n) is 6.10. The largest absolute Gasteiger partial charge is 0.482 e. The Morgan fingerprint density at radius 2 is 1.86 bits per heavy atom. The molecule has 0 aliphatic rings. The molecule has 6 nitrogen and oxygen atoms in total. The lowest BCUT2D eigenvalue weighted by atomic mass is 10.3. The van der Waals surface area contributed by atoms with Gasteiger partial charge in [0.2, 0.25) is 0 Å². The minimum Gasteiger partial charge on any atom is -0.482 e. The van der Waals surface area contributed by atoms with Crippen molar-refractivity contribution in [1.82, 2.24) is 0 Å². The summed E-state index contributed by atoms with van der Waals surface area (Å²) >= 11 is 5.72. The number of benzene rings is 2. The summed E-state index contributed by atoms with van der Waals surface area (Å²) in [5.74, 6) is -0.870. The van der Waals surface area contributed by atoms with Gasteiger partial charge in [-0.25, -0.2) is 13.2 Å². The average molecular weight is 342 g/mol. The van der Waals surface area contributed by atoms with Crippen molar-refractivity contribution >= 4 is 33.3 Å². The lowest BCUT2D eigenvalue weighted by Gasteiger charge is -2.10. The van der Waals surface area contributed by atoms with E-state index in [4.69, 9.17) is 21.4 Å². The first-order valence-corrected chi connectivity index (χ1v) is 7.96. The Morgan fingerprint density at radius 3 is 2.50 bits per heavy atom. The van der Waals surface area contributed by atoms with Crippen molar-refractivity contribution < 1.29 is 23.1 Å². The van der Waals surface area contributed by atoms with Crippen LogP contribution in [-0.2, 0) is 14.8 Å². The quantitative estimate of drug-likeness (QED) is 0.842. The molecule has 0 spiro atoms. The lowest BCUT2D eigenvalue weighted by molar-refractivity contribution is -0.139. The molecular formula is C14H12ClNO5S. The SMILES string of the molecule is O=C(O)COc1cccc(NS(=O)(=O)c2ccc(Cl)cc2)c1. The van der Waals surface area contributed by atoms with E-state index >= 15 is 0 Å². The molecule has 2 N–H and O–H groups in total. The van der Waals surface area contributed by atoms with Gasteiger partial charge in [-0.15, -0.1) is 0 Å². The molecule has 2 aromatic carbocycles. The minimum atomic E-state index is -3.76. The molecule has 0 saturated carbocycles. The van der Waals surface area contributed by atoms with E-state index in [1.165, 1.54) is 42.5 Å². The first kappa shape index (κ1) is 16.1. The van der Waals surface area contributed by atoms with E-state index in [1.807, 2.05) is 0 Å². The van der Waals surface area contributed by atoms with E-state index < -0.39 is 22.6 Å². The van der Waals surface area contributed by atoms with Crippen molar-refractivity contribution in [1.29, 1.82) is 0 Å². The van der Waals surface area contributed by atoms with E-state index in [1.54, 1.807) is 6.07 Å². The summed E-state index contributed by atoms with van der Waals surface area (Å²) in [5, 5.41) is 8.99. The number of anilines is 1. The van der Waals surface area contributed by atoms with Crippen LogP contribution in [0.5, 0.6) is 5.75 Å². The van der Waals surface area contributed by atoms with E-state index in [-0.39, 0.29) is 16.3 Å². The average Bonchev–Trinajstić information content (AvgIpc) is 2.45. The highest BCUT2D eigenvalue weighted by Gasteiger charge is 2.14. The molecule has 0 saturated heterocycles. The van der Waals surface area contributed by atoms with Gasteiger partial charge in [-0.3, -0.25) is 4.72 Å². The van der Waals surface area contributed by atoms with Gasteiger partial charge in [0.05, 0.1) is 10.6 Å². The molecule has 0 amide bonds. The van der Waals surface area contributed by atoms with Gasteiger partial charge in [0, 0.05) is 11.1 Å². The first-order chi connectivity index (χ1) is 10.4. The van der Waals surface area contributed by atoms with Crippen molar-refractivity contribution in [3.8, 4) is 5.75 Å². The number of carboxylic acid groups (broad SMARTS) is 1. The highest BCUT2D eigenvalue weighted by molar-refractivity contribution is 7.92. The van der Waals surface area contributed by atoms with Gasteiger partial charge in [-0.1, -0.05) is 17.7 Å². The molecule has 0 unspecified atom stereocenters. The molecule has 2 rings (SSSR count). The van der Waals surface area contributed by atoms with Crippen LogP contribution in [0.2, 0.25) is 5.02 Å². The van der Waals surface area contributed by atoms with E-state index in [2.05, 4.69) is 4.72 Å². The van der Waals surface area contributed by atoms with Crippen LogP contribution in [-0.4, -0.2) is 26.1 Å². The van der Waals surface area contributed by atoms with E-state index in [0.717, 1.165) is 0 Å². The van der Waals surface area contributed by atoms with Gasteiger partial charge in [-0.2, -0.15) is 0 Å². The van der Waals surface area contributed by atoms with Crippen LogP contribution in [0, 0.1) is 0 Å². The Labute approximate surface area is 132 Å². The molecule has 22 heavy (non-hydrogen) atoms. The fourth-order valence-corrected chi connectivity index (χ4v) is 2.80. The number of sulfonamides is 1. The molecular weight excluding hydrogens is 330 g/mol. The smallest absolute Gasteiger partial charge is 0.341 e. The number of aliphatic carboxylic acids is 1. The number of hydrogen-bond donors (Lipinski definition) is 2. The minimum absolute atomic E-state index is 0.0637. The fraction of sp³-hybridized carbons (Fsp3) is 0.0714. The summed E-state index contributed by atoms with van der Waals surface area (Å²) < 4.78 is 31.8. The molecule has 116 valence electrons. The maximum Gasteiger partial charge on any atom is 0.341 e.